The second-order valence-corrected chi connectivity index (χ2v) is 6.11. The van der Waals surface area contributed by atoms with Gasteiger partial charge in [0.15, 0.2) is 0 Å². The SMILES string of the molecule is CN1CCC(Cn2c(CCl)nc3ccccc3c2=O)CC1. The van der Waals surface area contributed by atoms with Crippen molar-refractivity contribution in [3.63, 3.8) is 0 Å². The fraction of sp³-hybridized carbons (Fsp3) is 0.500. The highest BCUT2D eigenvalue weighted by Crippen LogP contribution is 2.19. The van der Waals surface area contributed by atoms with Gasteiger partial charge in [-0.05, 0) is 51.0 Å². The minimum atomic E-state index is 0.0372. The van der Waals surface area contributed by atoms with Crippen LogP contribution in [0.15, 0.2) is 29.1 Å². The maximum atomic E-state index is 12.7. The summed E-state index contributed by atoms with van der Waals surface area (Å²) in [4.78, 5) is 19.6. The lowest BCUT2D eigenvalue weighted by molar-refractivity contribution is 0.203. The van der Waals surface area contributed by atoms with E-state index in [1.165, 1.54) is 0 Å². The first-order valence-corrected chi connectivity index (χ1v) is 7.95. The van der Waals surface area contributed by atoms with Crippen LogP contribution in [-0.2, 0) is 12.4 Å². The molecule has 1 aliphatic heterocycles. The highest BCUT2D eigenvalue weighted by Gasteiger charge is 2.19. The molecule has 1 fully saturated rings. The first kappa shape index (κ1) is 14.5. The predicted molar refractivity (Wildman–Crippen MR) is 85.8 cm³/mol. The zero-order valence-electron chi connectivity index (χ0n) is 12.3. The van der Waals surface area contributed by atoms with Crippen LogP contribution in [0.4, 0.5) is 0 Å². The molecule has 5 heteroatoms. The highest BCUT2D eigenvalue weighted by atomic mass is 35.5. The van der Waals surface area contributed by atoms with Crippen molar-refractivity contribution in [1.82, 2.24) is 14.5 Å². The maximum Gasteiger partial charge on any atom is 0.261 e. The molecular weight excluding hydrogens is 286 g/mol. The number of hydrogen-bond donors (Lipinski definition) is 0. The first-order chi connectivity index (χ1) is 10.2. The van der Waals surface area contributed by atoms with Gasteiger partial charge in [-0.2, -0.15) is 0 Å². The van der Waals surface area contributed by atoms with Gasteiger partial charge in [0.1, 0.15) is 5.82 Å². The van der Waals surface area contributed by atoms with Crippen molar-refractivity contribution >= 4 is 22.5 Å². The Morgan fingerprint density at radius 3 is 2.71 bits per heavy atom. The molecule has 0 unspecified atom stereocenters. The highest BCUT2D eigenvalue weighted by molar-refractivity contribution is 6.16. The first-order valence-electron chi connectivity index (χ1n) is 7.42. The number of halogens is 1. The molecule has 0 aliphatic carbocycles. The van der Waals surface area contributed by atoms with Crippen LogP contribution >= 0.6 is 11.6 Å². The van der Waals surface area contributed by atoms with E-state index in [0.29, 0.717) is 17.1 Å². The summed E-state index contributed by atoms with van der Waals surface area (Å²) in [5.74, 6) is 1.48. The van der Waals surface area contributed by atoms with Gasteiger partial charge >= 0.3 is 0 Å². The Balaban J connectivity index is 1.97. The molecule has 0 amide bonds. The summed E-state index contributed by atoms with van der Waals surface area (Å²) in [6.07, 6.45) is 2.25. The van der Waals surface area contributed by atoms with Crippen LogP contribution in [0.1, 0.15) is 18.7 Å². The quantitative estimate of drug-likeness (QED) is 0.818. The minimum absolute atomic E-state index is 0.0372. The molecule has 0 bridgehead atoms. The van der Waals surface area contributed by atoms with Gasteiger partial charge < -0.3 is 4.90 Å². The molecule has 3 rings (SSSR count). The number of para-hydroxylation sites is 1. The number of alkyl halides is 1. The summed E-state index contributed by atoms with van der Waals surface area (Å²) in [5, 5.41) is 0.680. The van der Waals surface area contributed by atoms with Gasteiger partial charge in [-0.25, -0.2) is 4.98 Å². The van der Waals surface area contributed by atoms with Crippen molar-refractivity contribution in [2.75, 3.05) is 20.1 Å². The third kappa shape index (κ3) is 2.97. The van der Waals surface area contributed by atoms with Gasteiger partial charge in [0.2, 0.25) is 0 Å². The standard InChI is InChI=1S/C16H20ClN3O/c1-19-8-6-12(7-9-19)11-20-15(10-17)18-14-5-3-2-4-13(14)16(20)21/h2-5,12H,6-11H2,1H3. The van der Waals surface area contributed by atoms with E-state index in [4.69, 9.17) is 11.6 Å². The largest absolute Gasteiger partial charge is 0.306 e. The monoisotopic (exact) mass is 305 g/mol. The Morgan fingerprint density at radius 2 is 2.00 bits per heavy atom. The summed E-state index contributed by atoms with van der Waals surface area (Å²) in [6.45, 7) is 2.92. The molecule has 0 saturated carbocycles. The van der Waals surface area contributed by atoms with Gasteiger partial charge in [-0.1, -0.05) is 12.1 Å². The molecule has 21 heavy (non-hydrogen) atoms. The summed E-state index contributed by atoms with van der Waals surface area (Å²) < 4.78 is 1.78. The Morgan fingerprint density at radius 1 is 1.29 bits per heavy atom. The zero-order chi connectivity index (χ0) is 14.8. The van der Waals surface area contributed by atoms with Crippen molar-refractivity contribution < 1.29 is 0 Å². The molecule has 0 N–H and O–H groups in total. The number of likely N-dealkylation sites (tertiary alicyclic amines) is 1. The predicted octanol–water partition coefficient (Wildman–Crippen LogP) is 2.48. The normalized spacial score (nSPS) is 17.4. The average Bonchev–Trinajstić information content (AvgIpc) is 2.52. The fourth-order valence-corrected chi connectivity index (χ4v) is 3.21. The molecule has 1 aromatic carbocycles. The molecule has 0 radical (unpaired) electrons. The van der Waals surface area contributed by atoms with Gasteiger partial charge in [-0.3, -0.25) is 9.36 Å². The van der Waals surface area contributed by atoms with Crippen LogP contribution in [0.2, 0.25) is 0 Å². The summed E-state index contributed by atoms with van der Waals surface area (Å²) in [5.41, 5.74) is 0.771. The zero-order valence-corrected chi connectivity index (χ0v) is 13.0. The molecule has 4 nitrogen and oxygen atoms in total. The molecular formula is C16H20ClN3O. The summed E-state index contributed by atoms with van der Waals surface area (Å²) in [7, 11) is 2.14. The van der Waals surface area contributed by atoms with Crippen LogP contribution in [0.5, 0.6) is 0 Å². The van der Waals surface area contributed by atoms with Gasteiger partial charge in [-0.15, -0.1) is 11.6 Å². The third-order valence-electron chi connectivity index (χ3n) is 4.34. The number of fused-ring (bicyclic) bond motifs is 1. The lowest BCUT2D eigenvalue weighted by Crippen LogP contribution is -2.35. The van der Waals surface area contributed by atoms with Crippen molar-refractivity contribution in [2.45, 2.75) is 25.3 Å². The number of rotatable bonds is 3. The smallest absolute Gasteiger partial charge is 0.261 e. The van der Waals surface area contributed by atoms with Crippen LogP contribution in [0.3, 0.4) is 0 Å². The van der Waals surface area contributed by atoms with E-state index in [1.807, 2.05) is 24.3 Å². The van der Waals surface area contributed by atoms with E-state index in [1.54, 1.807) is 4.57 Å². The van der Waals surface area contributed by atoms with Gasteiger partial charge in [0, 0.05) is 6.54 Å². The summed E-state index contributed by atoms with van der Waals surface area (Å²) >= 11 is 6.01. The Hall–Kier alpha value is -1.39. The van der Waals surface area contributed by atoms with E-state index >= 15 is 0 Å². The van der Waals surface area contributed by atoms with Crippen LogP contribution in [0.25, 0.3) is 10.9 Å². The Labute approximate surface area is 129 Å². The number of nitrogens with zero attached hydrogens (tertiary/aromatic N) is 3. The van der Waals surface area contributed by atoms with Crippen molar-refractivity contribution in [1.29, 1.82) is 0 Å². The molecule has 2 aromatic rings. The van der Waals surface area contributed by atoms with E-state index in [9.17, 15) is 4.79 Å². The fourth-order valence-electron chi connectivity index (χ4n) is 3.01. The van der Waals surface area contributed by atoms with Gasteiger partial charge in [0.05, 0.1) is 16.8 Å². The second kappa shape index (κ2) is 6.16. The van der Waals surface area contributed by atoms with E-state index in [2.05, 4.69) is 16.9 Å². The van der Waals surface area contributed by atoms with Crippen molar-refractivity contribution in [3.05, 3.63) is 40.4 Å². The number of aromatic nitrogens is 2. The number of hydrogen-bond acceptors (Lipinski definition) is 3. The number of piperidine rings is 1. The van der Waals surface area contributed by atoms with Crippen LogP contribution in [0, 0.1) is 5.92 Å². The lowest BCUT2D eigenvalue weighted by atomic mass is 9.97. The average molecular weight is 306 g/mol. The molecule has 0 atom stereocenters. The number of benzene rings is 1. The van der Waals surface area contributed by atoms with Crippen LogP contribution in [-0.4, -0.2) is 34.6 Å². The molecule has 1 aromatic heterocycles. The summed E-state index contributed by atoms with van der Waals surface area (Å²) in [6, 6.07) is 7.49. The molecule has 1 aliphatic rings. The Kier molecular flexibility index (Phi) is 4.27. The van der Waals surface area contributed by atoms with Crippen LogP contribution < -0.4 is 5.56 Å². The molecule has 112 valence electrons. The topological polar surface area (TPSA) is 38.1 Å². The van der Waals surface area contributed by atoms with Crippen molar-refractivity contribution in [3.8, 4) is 0 Å². The van der Waals surface area contributed by atoms with E-state index in [-0.39, 0.29) is 11.4 Å². The Bertz CT molecular complexity index is 689. The minimum Gasteiger partial charge on any atom is -0.306 e. The molecule has 1 saturated heterocycles. The molecule has 2 heterocycles. The third-order valence-corrected chi connectivity index (χ3v) is 4.58. The van der Waals surface area contributed by atoms with Gasteiger partial charge in [0.25, 0.3) is 5.56 Å². The van der Waals surface area contributed by atoms with E-state index < -0.39 is 0 Å². The maximum absolute atomic E-state index is 12.7. The molecule has 0 spiro atoms. The van der Waals surface area contributed by atoms with Crippen molar-refractivity contribution in [2.24, 2.45) is 5.92 Å². The second-order valence-electron chi connectivity index (χ2n) is 5.84. The van der Waals surface area contributed by atoms with E-state index in [0.717, 1.165) is 38.0 Å². The lowest BCUT2D eigenvalue weighted by Gasteiger charge is -2.29.